The van der Waals surface area contributed by atoms with Gasteiger partial charge in [0.15, 0.2) is 0 Å². The van der Waals surface area contributed by atoms with Crippen LogP contribution in [0.4, 0.5) is 52.7 Å². The number of nitrogens with two attached hydrogens (primary N) is 1. The second-order valence-electron chi connectivity index (χ2n) is 20.9. The molecule has 6 aromatic rings. The molecule has 3 amide bonds. The van der Waals surface area contributed by atoms with Crippen LogP contribution in [0.5, 0.6) is 0 Å². The van der Waals surface area contributed by atoms with Crippen LogP contribution in [0.25, 0.3) is 4.85 Å². The van der Waals surface area contributed by atoms with E-state index in [9.17, 15) is 67.1 Å². The van der Waals surface area contributed by atoms with E-state index in [4.69, 9.17) is 12.3 Å². The molecule has 2 aliphatic heterocycles. The third kappa shape index (κ3) is 15.3. The van der Waals surface area contributed by atoms with Crippen LogP contribution in [0.1, 0.15) is 93.4 Å². The van der Waals surface area contributed by atoms with Gasteiger partial charge in [0.05, 0.1) is 27.7 Å². The first-order valence-electron chi connectivity index (χ1n) is 26.5. The zero-order valence-electron chi connectivity index (χ0n) is 45.2. The zero-order chi connectivity index (χ0) is 60.5. The van der Waals surface area contributed by atoms with Gasteiger partial charge in [0, 0.05) is 71.8 Å². The summed E-state index contributed by atoms with van der Waals surface area (Å²) in [6, 6.07) is 38.1. The Kier molecular flexibility index (Phi) is 19.6. The van der Waals surface area contributed by atoms with Gasteiger partial charge in [-0.1, -0.05) is 121 Å². The highest BCUT2D eigenvalue weighted by molar-refractivity contribution is 5.87. The number of hydrogen-bond donors (Lipinski definition) is 1. The lowest BCUT2D eigenvalue weighted by Crippen LogP contribution is -2.53. The molecule has 0 aliphatic carbocycles. The minimum absolute atomic E-state index is 0.0787. The van der Waals surface area contributed by atoms with Gasteiger partial charge in [-0.25, -0.2) is 6.57 Å². The molecule has 0 radical (unpaired) electrons. The van der Waals surface area contributed by atoms with E-state index in [1.165, 1.54) is 23.9 Å². The summed E-state index contributed by atoms with van der Waals surface area (Å²) in [5.41, 5.74) is 1.51. The molecule has 21 heteroatoms. The number of halogens is 12. The van der Waals surface area contributed by atoms with Crippen molar-refractivity contribution in [1.29, 1.82) is 0 Å². The first-order chi connectivity index (χ1) is 39.1. The molecule has 2 N–H and O–H groups in total. The summed E-state index contributed by atoms with van der Waals surface area (Å²) in [4.78, 5) is 50.8. The van der Waals surface area contributed by atoms with E-state index in [-0.39, 0.29) is 61.0 Å². The summed E-state index contributed by atoms with van der Waals surface area (Å²) >= 11 is 0. The number of carbonyl (C=O) groups excluding carboxylic acids is 3. The number of benzene rings is 6. The van der Waals surface area contributed by atoms with Gasteiger partial charge in [0.1, 0.15) is 12.1 Å². The fourth-order valence-electron chi connectivity index (χ4n) is 10.8. The molecule has 0 spiro atoms. The number of likely N-dealkylation sites (tertiary alicyclic amines) is 2. The predicted molar refractivity (Wildman–Crippen MR) is 288 cm³/mol. The number of likely N-dealkylation sites (N-methyl/N-ethyl adjacent to an activating group) is 2. The number of carbonyl (C=O) groups is 3. The van der Waals surface area contributed by atoms with Gasteiger partial charge in [-0.3, -0.25) is 24.2 Å². The SMILES string of the molecule is CN(CCc1cc(C(F)(F)F)cc(C(F)(F)F)c1)C(=O)C(c1ccccc1)N1CCC(C(N)=O)(c2ccccc2)CC1.[C-]#[N+]C1(c2ccccc2)CCN(C(C(=O)N(C)CCc2cc(C(F)(F)F)cc(C(F)(F)F)c2)c2ccccc2)CC1. The van der Waals surface area contributed by atoms with Gasteiger partial charge in [-0.2, -0.15) is 52.7 Å². The molecule has 0 saturated carbocycles. The minimum atomic E-state index is -4.95. The van der Waals surface area contributed by atoms with E-state index < -0.39 is 75.9 Å². The highest BCUT2D eigenvalue weighted by Crippen LogP contribution is 2.43. The molecule has 2 saturated heterocycles. The molecular formula is C62H60F12N6O3. The van der Waals surface area contributed by atoms with Crippen molar-refractivity contribution in [1.82, 2.24) is 19.6 Å². The highest BCUT2D eigenvalue weighted by Gasteiger charge is 2.47. The van der Waals surface area contributed by atoms with Gasteiger partial charge < -0.3 is 20.4 Å². The standard InChI is InChI=1S/C31H31F6N3O2.C31H29F6N3O/c1-39(15-12-21-18-24(30(32,33)34)20-25(19-21)31(35,36)37)27(41)26(22-8-4-2-5-9-22)40-16-13-29(14-17-40,28(38)42)23-10-6-3-7-11-23;1-38-29(24-11-7-4-8-12-24)14-17-40(18-15-29)27(23-9-5-3-6-10-23)28(41)39(2)16-13-22-19-25(30(32,33)34)21-26(20-22)31(35,36)37/h2-11,18-20,26H,12-17H2,1H3,(H2,38,42);3-12,19-21,27H,13-18H2,2H3. The lowest BCUT2D eigenvalue weighted by molar-refractivity contribution is -0.144. The van der Waals surface area contributed by atoms with E-state index in [1.807, 2.05) is 88.7 Å². The molecule has 0 aromatic heterocycles. The number of hydrogen-bond acceptors (Lipinski definition) is 5. The molecule has 440 valence electrons. The summed E-state index contributed by atoms with van der Waals surface area (Å²) < 4.78 is 160. The number of amides is 3. The molecular weight excluding hydrogens is 1100 g/mol. The maximum atomic E-state index is 13.8. The van der Waals surface area contributed by atoms with Gasteiger partial charge in [-0.15, -0.1) is 0 Å². The summed E-state index contributed by atoms with van der Waals surface area (Å²) in [6.07, 6.45) is -18.4. The highest BCUT2D eigenvalue weighted by atomic mass is 19.4. The average Bonchev–Trinajstić information content (AvgIpc) is 3.36. The molecule has 0 bridgehead atoms. The number of nitrogens with zero attached hydrogens (tertiary/aromatic N) is 5. The van der Waals surface area contributed by atoms with Crippen molar-refractivity contribution in [2.45, 2.75) is 86.3 Å². The largest absolute Gasteiger partial charge is 0.416 e. The Balaban J connectivity index is 0.000000239. The first kappa shape index (κ1) is 62.9. The fourth-order valence-corrected chi connectivity index (χ4v) is 10.8. The monoisotopic (exact) mass is 1160 g/mol. The fraction of sp³-hybridized carbons (Fsp3) is 0.355. The van der Waals surface area contributed by atoms with E-state index in [1.54, 1.807) is 42.5 Å². The summed E-state index contributed by atoms with van der Waals surface area (Å²) in [7, 11) is 2.96. The third-order valence-electron chi connectivity index (χ3n) is 15.5. The van der Waals surface area contributed by atoms with E-state index in [0.717, 1.165) is 16.7 Å². The average molecular weight is 1170 g/mol. The Morgan fingerprint density at radius 1 is 0.494 bits per heavy atom. The smallest absolute Gasteiger partial charge is 0.369 e. The van der Waals surface area contributed by atoms with Crippen LogP contribution in [-0.2, 0) is 62.9 Å². The van der Waals surface area contributed by atoms with Gasteiger partial charge in [0.2, 0.25) is 17.7 Å². The topological polar surface area (TPSA) is 94.5 Å². The van der Waals surface area contributed by atoms with Crippen LogP contribution in [0, 0.1) is 6.57 Å². The maximum Gasteiger partial charge on any atom is 0.416 e. The summed E-state index contributed by atoms with van der Waals surface area (Å²) in [5.74, 6) is -1.14. The zero-order valence-corrected chi connectivity index (χ0v) is 45.2. The van der Waals surface area contributed by atoms with E-state index in [0.29, 0.717) is 81.7 Å². The Labute approximate surface area is 473 Å². The quantitative estimate of drug-likeness (QED) is 0.0817. The lowest BCUT2D eigenvalue weighted by Gasteiger charge is -2.43. The van der Waals surface area contributed by atoms with Gasteiger partial charge >= 0.3 is 24.7 Å². The van der Waals surface area contributed by atoms with Crippen LogP contribution in [0.2, 0.25) is 0 Å². The van der Waals surface area contributed by atoms with E-state index >= 15 is 0 Å². The molecule has 83 heavy (non-hydrogen) atoms. The van der Waals surface area contributed by atoms with Crippen molar-refractivity contribution in [2.24, 2.45) is 5.73 Å². The molecule has 2 unspecified atom stereocenters. The Bertz CT molecular complexity index is 3120. The molecule has 2 heterocycles. The molecule has 2 atom stereocenters. The summed E-state index contributed by atoms with van der Waals surface area (Å²) in [5, 5.41) is 0. The van der Waals surface area contributed by atoms with Crippen molar-refractivity contribution in [2.75, 3.05) is 53.4 Å². The van der Waals surface area contributed by atoms with Crippen molar-refractivity contribution in [3.63, 3.8) is 0 Å². The molecule has 2 fully saturated rings. The third-order valence-corrected chi connectivity index (χ3v) is 15.5. The van der Waals surface area contributed by atoms with E-state index in [2.05, 4.69) is 4.85 Å². The Hall–Kier alpha value is -7.70. The van der Waals surface area contributed by atoms with Gasteiger partial charge in [-0.05, 0) is 89.9 Å². The van der Waals surface area contributed by atoms with Crippen LogP contribution < -0.4 is 5.73 Å². The number of alkyl halides is 12. The summed E-state index contributed by atoms with van der Waals surface area (Å²) in [6.45, 7) is 9.36. The Morgan fingerprint density at radius 2 is 0.795 bits per heavy atom. The molecule has 6 aromatic carbocycles. The van der Waals surface area contributed by atoms with Crippen LogP contribution in [-0.4, -0.2) is 90.7 Å². The van der Waals surface area contributed by atoms with Gasteiger partial charge in [0.25, 0.3) is 5.54 Å². The lowest BCUT2D eigenvalue weighted by atomic mass is 9.72. The van der Waals surface area contributed by atoms with Crippen molar-refractivity contribution >= 4 is 17.7 Å². The predicted octanol–water partition coefficient (Wildman–Crippen LogP) is 13.4. The van der Waals surface area contributed by atoms with Crippen molar-refractivity contribution in [3.05, 3.63) is 225 Å². The van der Waals surface area contributed by atoms with Crippen LogP contribution in [0.3, 0.4) is 0 Å². The second kappa shape index (κ2) is 25.8. The van der Waals surface area contributed by atoms with Crippen LogP contribution in [0.15, 0.2) is 158 Å². The molecule has 2 aliphatic rings. The van der Waals surface area contributed by atoms with Crippen molar-refractivity contribution < 1.29 is 67.1 Å². The Morgan fingerprint density at radius 3 is 1.10 bits per heavy atom. The normalized spacial score (nSPS) is 16.5. The number of piperidine rings is 2. The molecule has 8 rings (SSSR count). The molecule has 9 nitrogen and oxygen atoms in total. The number of rotatable bonds is 15. The number of primary amides is 1. The second-order valence-corrected chi connectivity index (χ2v) is 20.9. The minimum Gasteiger partial charge on any atom is -0.369 e. The first-order valence-corrected chi connectivity index (χ1v) is 26.5. The van der Waals surface area contributed by atoms with Crippen molar-refractivity contribution in [3.8, 4) is 0 Å². The maximum absolute atomic E-state index is 13.8. The van der Waals surface area contributed by atoms with Crippen LogP contribution >= 0.6 is 0 Å².